The summed E-state index contributed by atoms with van der Waals surface area (Å²) < 4.78 is 12.1. The summed E-state index contributed by atoms with van der Waals surface area (Å²) in [4.78, 5) is 11.9. The van der Waals surface area contributed by atoms with Crippen molar-refractivity contribution in [3.8, 4) is 5.75 Å². The van der Waals surface area contributed by atoms with Crippen LogP contribution in [-0.2, 0) is 16.1 Å². The number of hydrogen-bond donors (Lipinski definition) is 1. The van der Waals surface area contributed by atoms with Gasteiger partial charge in [0, 0.05) is 16.6 Å². The molecule has 0 fully saturated rings. The van der Waals surface area contributed by atoms with Crippen LogP contribution in [-0.4, -0.2) is 26.2 Å². The second kappa shape index (κ2) is 8.76. The second-order valence-corrected chi connectivity index (χ2v) is 6.62. The van der Waals surface area contributed by atoms with Crippen molar-refractivity contribution in [1.29, 1.82) is 0 Å². The fraction of sp³-hybridized carbons (Fsp3) is 0.533. The predicted octanol–water partition coefficient (Wildman–Crippen LogP) is 3.90. The van der Waals surface area contributed by atoms with Gasteiger partial charge < -0.3 is 9.47 Å². The Morgan fingerprint density at radius 1 is 1.33 bits per heavy atom. The van der Waals surface area contributed by atoms with Crippen molar-refractivity contribution in [1.82, 2.24) is 5.32 Å². The molecule has 0 aliphatic rings. The minimum absolute atomic E-state index is 0.194. The zero-order chi connectivity index (χ0) is 16.0. The van der Waals surface area contributed by atoms with Crippen LogP contribution in [0.1, 0.15) is 25.8 Å². The molecule has 6 heteroatoms. The Morgan fingerprint density at radius 2 is 2.00 bits per heavy atom. The molecule has 21 heavy (non-hydrogen) atoms. The zero-order valence-corrected chi connectivity index (χ0v) is 15.9. The molecule has 0 heterocycles. The number of rotatable bonds is 7. The molecule has 1 N–H and O–H groups in total. The van der Waals surface area contributed by atoms with E-state index in [0.29, 0.717) is 6.54 Å². The lowest BCUT2D eigenvalue weighted by molar-refractivity contribution is -0.144. The molecule has 0 spiro atoms. The number of benzene rings is 1. The average molecular weight is 423 g/mol. The van der Waals surface area contributed by atoms with Crippen molar-refractivity contribution in [2.24, 2.45) is 5.92 Å². The summed E-state index contributed by atoms with van der Waals surface area (Å²) in [5, 5.41) is 3.27. The Kier molecular flexibility index (Phi) is 7.70. The van der Waals surface area contributed by atoms with Crippen LogP contribution in [0, 0.1) is 5.92 Å². The Balaban J connectivity index is 2.92. The Morgan fingerprint density at radius 3 is 2.52 bits per heavy atom. The molecule has 4 nitrogen and oxygen atoms in total. The number of carbonyl (C=O) groups excluding carboxylic acids is 1. The fourth-order valence-electron chi connectivity index (χ4n) is 2.07. The monoisotopic (exact) mass is 421 g/mol. The number of halogens is 2. The highest BCUT2D eigenvalue weighted by Gasteiger charge is 2.24. The van der Waals surface area contributed by atoms with Gasteiger partial charge in [0.05, 0.1) is 18.7 Å². The van der Waals surface area contributed by atoms with Crippen LogP contribution in [0.5, 0.6) is 5.75 Å². The number of carbonyl (C=O) groups is 1. The standard InChI is InChI=1S/C15H21Br2NO3/c1-5-9(2)13(15(19)21-4)18-8-10-6-11(16)7-12(17)14(10)20-3/h6-7,9,13,18H,5,8H2,1-4H3. The van der Waals surface area contributed by atoms with E-state index in [4.69, 9.17) is 9.47 Å². The molecule has 0 aromatic heterocycles. The molecule has 2 unspecified atom stereocenters. The maximum Gasteiger partial charge on any atom is 0.323 e. The van der Waals surface area contributed by atoms with Gasteiger partial charge in [-0.3, -0.25) is 10.1 Å². The van der Waals surface area contributed by atoms with Gasteiger partial charge in [-0.1, -0.05) is 36.2 Å². The molecule has 0 saturated heterocycles. The van der Waals surface area contributed by atoms with Crippen molar-refractivity contribution in [2.75, 3.05) is 14.2 Å². The zero-order valence-electron chi connectivity index (χ0n) is 12.7. The molecule has 0 saturated carbocycles. The molecule has 0 aliphatic carbocycles. The van der Waals surface area contributed by atoms with Gasteiger partial charge in [-0.2, -0.15) is 0 Å². The van der Waals surface area contributed by atoms with Crippen LogP contribution in [0.4, 0.5) is 0 Å². The molecule has 1 aromatic carbocycles. The number of ether oxygens (including phenoxy) is 2. The summed E-state index contributed by atoms with van der Waals surface area (Å²) in [6.45, 7) is 4.60. The first-order valence-corrected chi connectivity index (χ1v) is 8.36. The van der Waals surface area contributed by atoms with Gasteiger partial charge in [-0.15, -0.1) is 0 Å². The van der Waals surface area contributed by atoms with Gasteiger partial charge in [0.15, 0.2) is 0 Å². The van der Waals surface area contributed by atoms with Crippen molar-refractivity contribution < 1.29 is 14.3 Å². The van der Waals surface area contributed by atoms with E-state index in [2.05, 4.69) is 44.1 Å². The van der Waals surface area contributed by atoms with Crippen LogP contribution in [0.3, 0.4) is 0 Å². The highest BCUT2D eigenvalue weighted by Crippen LogP contribution is 2.32. The smallest absolute Gasteiger partial charge is 0.323 e. The van der Waals surface area contributed by atoms with E-state index >= 15 is 0 Å². The molecule has 0 amide bonds. The van der Waals surface area contributed by atoms with Crippen LogP contribution in [0.15, 0.2) is 21.1 Å². The van der Waals surface area contributed by atoms with Crippen molar-refractivity contribution in [3.05, 3.63) is 26.6 Å². The fourth-order valence-corrected chi connectivity index (χ4v) is 3.55. The van der Waals surface area contributed by atoms with E-state index in [-0.39, 0.29) is 17.9 Å². The van der Waals surface area contributed by atoms with E-state index in [1.54, 1.807) is 7.11 Å². The quantitative estimate of drug-likeness (QED) is 0.677. The summed E-state index contributed by atoms with van der Waals surface area (Å²) in [7, 11) is 3.04. The Labute approximate surface area is 142 Å². The van der Waals surface area contributed by atoms with Crippen LogP contribution in [0.2, 0.25) is 0 Å². The number of hydrogen-bond acceptors (Lipinski definition) is 4. The molecule has 0 bridgehead atoms. The summed E-state index contributed by atoms with van der Waals surface area (Å²) in [6.07, 6.45) is 0.895. The lowest BCUT2D eigenvalue weighted by Gasteiger charge is -2.22. The van der Waals surface area contributed by atoms with Crippen molar-refractivity contribution >= 4 is 37.8 Å². The third kappa shape index (κ3) is 4.97. The van der Waals surface area contributed by atoms with Crippen LogP contribution < -0.4 is 10.1 Å². The van der Waals surface area contributed by atoms with Gasteiger partial charge in [0.1, 0.15) is 11.8 Å². The Bertz CT molecular complexity index is 494. The summed E-state index contributed by atoms with van der Waals surface area (Å²) in [6, 6.07) is 3.57. The van der Waals surface area contributed by atoms with Gasteiger partial charge in [0.2, 0.25) is 0 Å². The van der Waals surface area contributed by atoms with E-state index in [9.17, 15) is 4.79 Å². The second-order valence-electron chi connectivity index (χ2n) is 4.85. The van der Waals surface area contributed by atoms with Gasteiger partial charge in [-0.05, 0) is 34.0 Å². The van der Waals surface area contributed by atoms with E-state index in [0.717, 1.165) is 26.7 Å². The molecule has 0 radical (unpaired) electrons. The maximum atomic E-state index is 11.9. The Hall–Kier alpha value is -0.590. The lowest BCUT2D eigenvalue weighted by Crippen LogP contribution is -2.42. The number of nitrogens with one attached hydrogen (secondary N) is 1. The minimum Gasteiger partial charge on any atom is -0.495 e. The van der Waals surface area contributed by atoms with E-state index < -0.39 is 0 Å². The first-order chi connectivity index (χ1) is 9.94. The summed E-state index contributed by atoms with van der Waals surface area (Å²) >= 11 is 6.94. The van der Waals surface area contributed by atoms with Crippen LogP contribution in [0.25, 0.3) is 0 Å². The summed E-state index contributed by atoms with van der Waals surface area (Å²) in [5.41, 5.74) is 0.968. The molecule has 2 atom stereocenters. The van der Waals surface area contributed by atoms with Crippen molar-refractivity contribution in [2.45, 2.75) is 32.9 Å². The van der Waals surface area contributed by atoms with E-state index in [1.165, 1.54) is 7.11 Å². The third-order valence-electron chi connectivity index (χ3n) is 3.47. The minimum atomic E-state index is -0.331. The number of methoxy groups -OCH3 is 2. The third-order valence-corrected chi connectivity index (χ3v) is 4.52. The summed E-state index contributed by atoms with van der Waals surface area (Å²) in [5.74, 6) is 0.717. The first-order valence-electron chi connectivity index (χ1n) is 6.77. The highest BCUT2D eigenvalue weighted by molar-refractivity contribution is 9.11. The van der Waals surface area contributed by atoms with Crippen LogP contribution >= 0.6 is 31.9 Å². The number of esters is 1. The normalized spacial score (nSPS) is 13.6. The SMILES string of the molecule is CCC(C)C(NCc1cc(Br)cc(Br)c1OC)C(=O)OC. The van der Waals surface area contributed by atoms with Gasteiger partial charge >= 0.3 is 5.97 Å². The molecule has 1 rings (SSSR count). The van der Waals surface area contributed by atoms with Crippen molar-refractivity contribution in [3.63, 3.8) is 0 Å². The molecule has 118 valence electrons. The van der Waals surface area contributed by atoms with Gasteiger partial charge in [0.25, 0.3) is 0 Å². The lowest BCUT2D eigenvalue weighted by atomic mass is 9.99. The van der Waals surface area contributed by atoms with Gasteiger partial charge in [-0.25, -0.2) is 0 Å². The first kappa shape index (κ1) is 18.5. The molecular weight excluding hydrogens is 402 g/mol. The maximum absolute atomic E-state index is 11.9. The average Bonchev–Trinajstić information content (AvgIpc) is 2.46. The highest BCUT2D eigenvalue weighted by atomic mass is 79.9. The topological polar surface area (TPSA) is 47.6 Å². The molecule has 0 aliphatic heterocycles. The van der Waals surface area contributed by atoms with E-state index in [1.807, 2.05) is 19.1 Å². The predicted molar refractivity (Wildman–Crippen MR) is 90.5 cm³/mol. The largest absolute Gasteiger partial charge is 0.495 e. The molecule has 1 aromatic rings. The molecular formula is C15H21Br2NO3.